The Hall–Kier alpha value is -1.40. The summed E-state index contributed by atoms with van der Waals surface area (Å²) in [5, 5.41) is 0. The van der Waals surface area contributed by atoms with Crippen molar-refractivity contribution >= 4 is 11.9 Å². The van der Waals surface area contributed by atoms with Gasteiger partial charge in [-0.05, 0) is 42.0 Å². The summed E-state index contributed by atoms with van der Waals surface area (Å²) < 4.78 is 9.99. The molecule has 2 unspecified atom stereocenters. The van der Waals surface area contributed by atoms with Gasteiger partial charge in [-0.1, -0.05) is 0 Å². The van der Waals surface area contributed by atoms with Crippen LogP contribution in [-0.2, 0) is 19.1 Å². The Labute approximate surface area is 121 Å². The summed E-state index contributed by atoms with van der Waals surface area (Å²) in [5.74, 6) is -1.09. The van der Waals surface area contributed by atoms with Crippen LogP contribution in [0.25, 0.3) is 0 Å². The highest BCUT2D eigenvalue weighted by Gasteiger charge is 2.09. The number of ether oxygens (including phenoxy) is 2. The highest BCUT2D eigenvalue weighted by Crippen LogP contribution is 1.95. The number of likely N-dealkylation sites (N-methyl/N-ethyl adjacent to an activating group) is 2. The molecule has 0 amide bonds. The van der Waals surface area contributed by atoms with E-state index in [9.17, 15) is 9.59 Å². The van der Waals surface area contributed by atoms with Gasteiger partial charge in [-0.2, -0.15) is 0 Å². The van der Waals surface area contributed by atoms with Crippen LogP contribution in [0.1, 0.15) is 13.8 Å². The van der Waals surface area contributed by atoms with Crippen LogP contribution in [0.2, 0.25) is 0 Å². The minimum absolute atomic E-state index is 0.125. The molecular formula is C14H26N2O4. The Bertz CT molecular complexity index is 308. The van der Waals surface area contributed by atoms with Crippen LogP contribution in [0.3, 0.4) is 0 Å². The Kier molecular flexibility index (Phi) is 8.83. The number of carbonyl (C=O) groups is 2. The van der Waals surface area contributed by atoms with Crippen LogP contribution < -0.4 is 0 Å². The molecule has 0 spiro atoms. The molecule has 116 valence electrons. The average molecular weight is 286 g/mol. The molecule has 0 heterocycles. The summed E-state index contributed by atoms with van der Waals surface area (Å²) >= 11 is 0. The topological polar surface area (TPSA) is 59.1 Å². The second-order valence-electron chi connectivity index (χ2n) is 5.22. The molecule has 2 atom stereocenters. The third kappa shape index (κ3) is 8.66. The summed E-state index contributed by atoms with van der Waals surface area (Å²) in [5.41, 5.74) is 0. The second-order valence-corrected chi connectivity index (χ2v) is 5.22. The molecule has 6 heteroatoms. The zero-order valence-electron chi connectivity index (χ0n) is 13.3. The van der Waals surface area contributed by atoms with E-state index in [-0.39, 0.29) is 25.3 Å². The van der Waals surface area contributed by atoms with E-state index in [0.717, 1.165) is 12.2 Å². The molecule has 0 rings (SSSR count). The predicted octanol–water partition coefficient (Wildman–Crippen LogP) is 0.529. The van der Waals surface area contributed by atoms with Crippen molar-refractivity contribution in [3.8, 4) is 0 Å². The summed E-state index contributed by atoms with van der Waals surface area (Å²) in [6.07, 6.45) is 2.18. The first kappa shape index (κ1) is 18.6. The first-order valence-corrected chi connectivity index (χ1v) is 6.58. The summed E-state index contributed by atoms with van der Waals surface area (Å²) in [4.78, 5) is 26.6. The maximum Gasteiger partial charge on any atom is 0.331 e. The van der Waals surface area contributed by atoms with Crippen molar-refractivity contribution in [3.05, 3.63) is 12.2 Å². The predicted molar refractivity (Wildman–Crippen MR) is 77.4 cm³/mol. The molecular weight excluding hydrogens is 260 g/mol. The van der Waals surface area contributed by atoms with Gasteiger partial charge < -0.3 is 19.3 Å². The number of nitrogens with zero attached hydrogens (tertiary/aromatic N) is 2. The van der Waals surface area contributed by atoms with Crippen LogP contribution in [0.4, 0.5) is 0 Å². The monoisotopic (exact) mass is 286 g/mol. The highest BCUT2D eigenvalue weighted by atomic mass is 16.5. The van der Waals surface area contributed by atoms with Gasteiger partial charge in [0.15, 0.2) is 0 Å². The molecule has 0 aliphatic heterocycles. The maximum absolute atomic E-state index is 11.4. The van der Waals surface area contributed by atoms with Gasteiger partial charge in [-0.15, -0.1) is 0 Å². The van der Waals surface area contributed by atoms with Crippen molar-refractivity contribution in [1.29, 1.82) is 0 Å². The molecule has 20 heavy (non-hydrogen) atoms. The van der Waals surface area contributed by atoms with Crippen molar-refractivity contribution in [2.45, 2.75) is 25.9 Å². The molecule has 0 aliphatic carbocycles. The lowest BCUT2D eigenvalue weighted by Gasteiger charge is -2.19. The van der Waals surface area contributed by atoms with E-state index in [1.807, 2.05) is 51.8 Å². The fourth-order valence-corrected chi connectivity index (χ4v) is 0.936. The third-order valence-electron chi connectivity index (χ3n) is 3.05. The molecule has 0 bridgehead atoms. The van der Waals surface area contributed by atoms with Crippen molar-refractivity contribution in [2.24, 2.45) is 0 Å². The van der Waals surface area contributed by atoms with Gasteiger partial charge in [0, 0.05) is 24.2 Å². The summed E-state index contributed by atoms with van der Waals surface area (Å²) in [7, 11) is 7.60. The molecule has 0 aromatic carbocycles. The Balaban J connectivity index is 3.97. The number of rotatable bonds is 8. The van der Waals surface area contributed by atoms with Crippen LogP contribution >= 0.6 is 0 Å². The van der Waals surface area contributed by atoms with Crippen LogP contribution in [0.5, 0.6) is 0 Å². The molecule has 0 fully saturated rings. The maximum atomic E-state index is 11.4. The van der Waals surface area contributed by atoms with Crippen molar-refractivity contribution < 1.29 is 19.1 Å². The lowest BCUT2D eigenvalue weighted by Crippen LogP contribution is -2.30. The lowest BCUT2D eigenvalue weighted by molar-refractivity contribution is -0.141. The van der Waals surface area contributed by atoms with Gasteiger partial charge in [-0.25, -0.2) is 9.59 Å². The van der Waals surface area contributed by atoms with E-state index in [1.54, 1.807) is 0 Å². The molecule has 0 saturated carbocycles. The van der Waals surface area contributed by atoms with Crippen molar-refractivity contribution in [3.63, 3.8) is 0 Å². The summed E-state index contributed by atoms with van der Waals surface area (Å²) in [6.45, 7) is 4.44. The first-order chi connectivity index (χ1) is 9.23. The lowest BCUT2D eigenvalue weighted by atomic mass is 10.3. The zero-order valence-corrected chi connectivity index (χ0v) is 13.3. The van der Waals surface area contributed by atoms with Gasteiger partial charge in [0.25, 0.3) is 0 Å². The van der Waals surface area contributed by atoms with Gasteiger partial charge >= 0.3 is 11.9 Å². The van der Waals surface area contributed by atoms with Gasteiger partial charge in [0.05, 0.1) is 0 Å². The zero-order chi connectivity index (χ0) is 15.7. The Morgan fingerprint density at radius 1 is 0.850 bits per heavy atom. The molecule has 0 aromatic rings. The number of esters is 2. The van der Waals surface area contributed by atoms with Crippen LogP contribution in [-0.4, -0.2) is 75.2 Å². The van der Waals surface area contributed by atoms with E-state index >= 15 is 0 Å². The van der Waals surface area contributed by atoms with Crippen LogP contribution in [0.15, 0.2) is 12.2 Å². The van der Waals surface area contributed by atoms with Crippen molar-refractivity contribution in [2.75, 3.05) is 41.4 Å². The molecule has 6 nitrogen and oxygen atoms in total. The third-order valence-corrected chi connectivity index (χ3v) is 3.05. The quantitative estimate of drug-likeness (QED) is 0.479. The molecule has 0 aromatic heterocycles. The van der Waals surface area contributed by atoms with Gasteiger partial charge in [0.2, 0.25) is 0 Å². The van der Waals surface area contributed by atoms with E-state index in [0.29, 0.717) is 0 Å². The normalized spacial score (nSPS) is 14.6. The highest BCUT2D eigenvalue weighted by molar-refractivity contribution is 5.91. The summed E-state index contributed by atoms with van der Waals surface area (Å²) in [6, 6.07) is 0.250. The minimum atomic E-state index is -0.545. The van der Waals surface area contributed by atoms with E-state index in [2.05, 4.69) is 0 Å². The Morgan fingerprint density at radius 3 is 1.40 bits per heavy atom. The SMILES string of the molecule is CC(COC(=O)C=CC(=O)OCC(C)N(C)C)N(C)C. The fourth-order valence-electron chi connectivity index (χ4n) is 0.936. The fraction of sp³-hybridized carbons (Fsp3) is 0.714. The first-order valence-electron chi connectivity index (χ1n) is 6.58. The van der Waals surface area contributed by atoms with E-state index in [1.165, 1.54) is 0 Å². The Morgan fingerprint density at radius 2 is 1.15 bits per heavy atom. The molecule has 0 N–H and O–H groups in total. The standard InChI is InChI=1S/C14H26N2O4/c1-11(15(3)4)9-19-13(17)7-8-14(18)20-10-12(2)16(5)6/h7-8,11-12H,9-10H2,1-6H3. The minimum Gasteiger partial charge on any atom is -0.461 e. The molecule has 0 saturated heterocycles. The number of carbonyl (C=O) groups excluding carboxylic acids is 2. The van der Waals surface area contributed by atoms with E-state index in [4.69, 9.17) is 9.47 Å². The largest absolute Gasteiger partial charge is 0.461 e. The second kappa shape index (κ2) is 9.50. The van der Waals surface area contributed by atoms with E-state index < -0.39 is 11.9 Å². The van der Waals surface area contributed by atoms with Crippen molar-refractivity contribution in [1.82, 2.24) is 9.80 Å². The molecule has 0 aliphatic rings. The number of hydrogen-bond acceptors (Lipinski definition) is 6. The number of hydrogen-bond donors (Lipinski definition) is 0. The molecule has 0 radical (unpaired) electrons. The van der Waals surface area contributed by atoms with Gasteiger partial charge in [0.1, 0.15) is 13.2 Å². The van der Waals surface area contributed by atoms with Crippen LogP contribution in [0, 0.1) is 0 Å². The average Bonchev–Trinajstić information content (AvgIpc) is 2.39. The van der Waals surface area contributed by atoms with Gasteiger partial charge in [-0.3, -0.25) is 0 Å². The smallest absolute Gasteiger partial charge is 0.331 e.